The molecule has 0 bridgehead atoms. The molecule has 0 amide bonds. The molecule has 0 aromatic heterocycles. The van der Waals surface area contributed by atoms with Gasteiger partial charge in [0.2, 0.25) is 0 Å². The number of esters is 2. The number of carbonyl (C=O) groups excluding carboxylic acids is 2. The van der Waals surface area contributed by atoms with Crippen molar-refractivity contribution >= 4 is 11.9 Å². The Kier molecular flexibility index (Phi) is 63.3. The molecule has 0 spiro atoms. The highest BCUT2D eigenvalue weighted by Crippen LogP contribution is 2.18. The molecule has 0 aliphatic rings. The summed E-state index contributed by atoms with van der Waals surface area (Å²) in [6.07, 6.45) is 90.6. The van der Waals surface area contributed by atoms with Gasteiger partial charge in [-0.05, 0) is 64.2 Å². The van der Waals surface area contributed by atoms with E-state index in [-0.39, 0.29) is 25.2 Å². The fourth-order valence-electron chi connectivity index (χ4n) is 9.86. The Hall–Kier alpha value is -2.66. The molecule has 0 saturated heterocycles. The van der Waals surface area contributed by atoms with E-state index in [0.29, 0.717) is 12.8 Å². The number of hydrogen-bond acceptors (Lipinski definition) is 5. The maximum Gasteiger partial charge on any atom is 0.306 e. The molecule has 1 atom stereocenters. The van der Waals surface area contributed by atoms with Crippen LogP contribution in [0.3, 0.4) is 0 Å². The highest BCUT2D eigenvalue weighted by atomic mass is 16.6. The van der Waals surface area contributed by atoms with E-state index in [2.05, 4.69) is 86.8 Å². The Labute approximate surface area is 467 Å². The Bertz CT molecular complexity index is 1320. The summed E-state index contributed by atoms with van der Waals surface area (Å²) in [5.41, 5.74) is 0. The molecule has 0 heterocycles. The van der Waals surface area contributed by atoms with Gasteiger partial charge in [-0.15, -0.1) is 0 Å². The van der Waals surface area contributed by atoms with E-state index < -0.39 is 6.10 Å². The number of ether oxygens (including phenoxy) is 2. The number of rotatable bonds is 61. The van der Waals surface area contributed by atoms with Crippen LogP contribution < -0.4 is 0 Å². The SMILES string of the molecule is CC/C=C\C/C=C\C/C=C\C/C=C\C/C=C\C/C=C\CCCCCCCCCCCCCCCCCCCCCCC(=O)OC(CO)COC(=O)CCCCCCCCCCCCCCCCCCCCCCCC. The van der Waals surface area contributed by atoms with Gasteiger partial charge in [0, 0.05) is 12.8 Å². The van der Waals surface area contributed by atoms with Gasteiger partial charge in [0.05, 0.1) is 6.61 Å². The van der Waals surface area contributed by atoms with E-state index in [1.54, 1.807) is 0 Å². The molecule has 0 saturated carbocycles. The fourth-order valence-corrected chi connectivity index (χ4v) is 9.86. The molecule has 5 heteroatoms. The molecule has 1 N–H and O–H groups in total. The second kappa shape index (κ2) is 65.6. The first-order valence-corrected chi connectivity index (χ1v) is 33.0. The van der Waals surface area contributed by atoms with Crippen molar-refractivity contribution in [1.29, 1.82) is 0 Å². The second-order valence-corrected chi connectivity index (χ2v) is 22.2. The highest BCUT2D eigenvalue weighted by Gasteiger charge is 2.16. The largest absolute Gasteiger partial charge is 0.462 e. The Morgan fingerprint density at radius 1 is 0.320 bits per heavy atom. The molecule has 0 radical (unpaired) electrons. The van der Waals surface area contributed by atoms with Crippen molar-refractivity contribution in [2.45, 2.75) is 347 Å². The normalized spacial score (nSPS) is 12.6. The molecule has 0 aromatic carbocycles. The standard InChI is InChI=1S/C70H126O5/c1-3-5-7-9-11-13-15-17-19-21-23-25-27-28-29-30-31-32-33-34-35-36-37-38-39-40-41-42-43-45-47-49-51-53-55-57-59-61-63-65-70(73)75-68(66-71)67-74-69(72)64-62-60-58-56-54-52-50-48-46-44-26-24-22-20-18-16-14-12-10-8-6-4-2/h5,7,11,13,17,19,23,25,28-29,31-32,68,71H,3-4,6,8-10,12,14-16,18,20-22,24,26-27,30,33-67H2,1-2H3/b7-5-,13-11-,19-17-,25-23-,29-28-,32-31-. The van der Waals surface area contributed by atoms with E-state index in [1.165, 1.54) is 244 Å². The van der Waals surface area contributed by atoms with Gasteiger partial charge in [-0.3, -0.25) is 9.59 Å². The third-order valence-electron chi connectivity index (χ3n) is 14.8. The molecule has 75 heavy (non-hydrogen) atoms. The van der Waals surface area contributed by atoms with Crippen molar-refractivity contribution in [1.82, 2.24) is 0 Å². The van der Waals surface area contributed by atoms with Crippen molar-refractivity contribution in [2.24, 2.45) is 0 Å². The van der Waals surface area contributed by atoms with Crippen molar-refractivity contribution < 1.29 is 24.2 Å². The fraction of sp³-hybridized carbons (Fsp3) is 0.800. The average molecular weight is 1050 g/mol. The zero-order valence-corrected chi connectivity index (χ0v) is 50.1. The van der Waals surface area contributed by atoms with E-state index in [0.717, 1.165) is 70.6 Å². The van der Waals surface area contributed by atoms with Crippen LogP contribution in [0.4, 0.5) is 0 Å². The Morgan fingerprint density at radius 2 is 0.573 bits per heavy atom. The number of carbonyl (C=O) groups is 2. The number of aliphatic hydroxyl groups is 1. The predicted molar refractivity (Wildman–Crippen MR) is 330 cm³/mol. The summed E-state index contributed by atoms with van der Waals surface area (Å²) in [5, 5.41) is 9.68. The summed E-state index contributed by atoms with van der Waals surface area (Å²) < 4.78 is 10.7. The molecule has 5 nitrogen and oxygen atoms in total. The number of aliphatic hydroxyl groups excluding tert-OH is 1. The Morgan fingerprint density at radius 3 is 0.867 bits per heavy atom. The highest BCUT2D eigenvalue weighted by molar-refractivity contribution is 5.70. The number of hydrogen-bond donors (Lipinski definition) is 1. The van der Waals surface area contributed by atoms with Crippen LogP contribution in [-0.2, 0) is 19.1 Å². The molecular weight excluding hydrogens is 921 g/mol. The van der Waals surface area contributed by atoms with Crippen molar-refractivity contribution in [3.8, 4) is 0 Å². The maximum absolute atomic E-state index is 12.3. The molecule has 0 rings (SSSR count). The lowest BCUT2D eigenvalue weighted by Gasteiger charge is -2.15. The van der Waals surface area contributed by atoms with Gasteiger partial charge in [0.15, 0.2) is 6.10 Å². The van der Waals surface area contributed by atoms with Crippen LogP contribution >= 0.6 is 0 Å². The van der Waals surface area contributed by atoms with E-state index in [4.69, 9.17) is 9.47 Å². The van der Waals surface area contributed by atoms with Crippen LogP contribution in [0.2, 0.25) is 0 Å². The Balaban J connectivity index is 3.42. The molecule has 0 aliphatic carbocycles. The van der Waals surface area contributed by atoms with Crippen molar-refractivity contribution in [2.75, 3.05) is 13.2 Å². The van der Waals surface area contributed by atoms with E-state index >= 15 is 0 Å². The van der Waals surface area contributed by atoms with Crippen LogP contribution in [0.5, 0.6) is 0 Å². The summed E-state index contributed by atoms with van der Waals surface area (Å²) in [7, 11) is 0. The van der Waals surface area contributed by atoms with Crippen LogP contribution in [0.15, 0.2) is 72.9 Å². The first-order valence-electron chi connectivity index (χ1n) is 33.0. The van der Waals surface area contributed by atoms with Gasteiger partial charge >= 0.3 is 11.9 Å². The summed E-state index contributed by atoms with van der Waals surface area (Å²) in [5.74, 6) is -0.570. The maximum atomic E-state index is 12.3. The molecule has 0 aliphatic heterocycles. The second-order valence-electron chi connectivity index (χ2n) is 22.2. The minimum absolute atomic E-state index is 0.0607. The zero-order valence-electron chi connectivity index (χ0n) is 50.1. The van der Waals surface area contributed by atoms with Crippen LogP contribution in [-0.4, -0.2) is 36.4 Å². The topological polar surface area (TPSA) is 72.8 Å². The van der Waals surface area contributed by atoms with Gasteiger partial charge in [0.25, 0.3) is 0 Å². The van der Waals surface area contributed by atoms with Crippen molar-refractivity contribution in [3.63, 3.8) is 0 Å². The molecular formula is C70H126O5. The first kappa shape index (κ1) is 72.3. The van der Waals surface area contributed by atoms with Gasteiger partial charge in [-0.2, -0.15) is 0 Å². The quantitative estimate of drug-likeness (QED) is 0.0373. The lowest BCUT2D eigenvalue weighted by atomic mass is 10.0. The summed E-state index contributed by atoms with van der Waals surface area (Å²) in [6.45, 7) is 4.08. The summed E-state index contributed by atoms with van der Waals surface area (Å²) >= 11 is 0. The van der Waals surface area contributed by atoms with Crippen LogP contribution in [0, 0.1) is 0 Å². The number of allylic oxidation sites excluding steroid dienone is 12. The van der Waals surface area contributed by atoms with Crippen LogP contribution in [0.1, 0.15) is 341 Å². The first-order chi connectivity index (χ1) is 37.1. The molecule has 436 valence electrons. The average Bonchev–Trinajstić information content (AvgIpc) is 3.41. The zero-order chi connectivity index (χ0) is 54.1. The van der Waals surface area contributed by atoms with Gasteiger partial charge in [-0.1, -0.05) is 337 Å². The molecule has 1 unspecified atom stereocenters. The number of unbranched alkanes of at least 4 members (excludes halogenated alkanes) is 41. The monoisotopic (exact) mass is 1050 g/mol. The summed E-state index contributed by atoms with van der Waals surface area (Å²) in [6, 6.07) is 0. The van der Waals surface area contributed by atoms with E-state index in [1.807, 2.05) is 0 Å². The van der Waals surface area contributed by atoms with E-state index in [9.17, 15) is 14.7 Å². The minimum atomic E-state index is -0.771. The predicted octanol–water partition coefficient (Wildman–Crippen LogP) is 22.7. The van der Waals surface area contributed by atoms with Crippen molar-refractivity contribution in [3.05, 3.63) is 72.9 Å². The lowest BCUT2D eigenvalue weighted by Crippen LogP contribution is -2.28. The van der Waals surface area contributed by atoms with Gasteiger partial charge in [-0.25, -0.2) is 0 Å². The molecule has 0 aromatic rings. The molecule has 0 fully saturated rings. The minimum Gasteiger partial charge on any atom is -0.462 e. The smallest absolute Gasteiger partial charge is 0.306 e. The van der Waals surface area contributed by atoms with Gasteiger partial charge in [0.1, 0.15) is 6.61 Å². The van der Waals surface area contributed by atoms with Gasteiger partial charge < -0.3 is 14.6 Å². The van der Waals surface area contributed by atoms with Crippen LogP contribution in [0.25, 0.3) is 0 Å². The summed E-state index contributed by atoms with van der Waals surface area (Å²) in [4.78, 5) is 24.6. The lowest BCUT2D eigenvalue weighted by molar-refractivity contribution is -0.161. The third-order valence-corrected chi connectivity index (χ3v) is 14.8. The third kappa shape index (κ3) is 63.8.